The van der Waals surface area contributed by atoms with E-state index in [1.165, 1.54) is 12.1 Å². The van der Waals surface area contributed by atoms with Gasteiger partial charge < -0.3 is 14.6 Å². The van der Waals surface area contributed by atoms with E-state index in [0.717, 1.165) is 31.6 Å². The van der Waals surface area contributed by atoms with Crippen LogP contribution in [0.15, 0.2) is 28.8 Å². The molecular weight excluding hydrogens is 273 g/mol. The van der Waals surface area contributed by atoms with Crippen LogP contribution in [0.1, 0.15) is 30.1 Å². The highest BCUT2D eigenvalue weighted by molar-refractivity contribution is 5.19. The normalized spacial score (nSPS) is 18.2. The van der Waals surface area contributed by atoms with Crippen molar-refractivity contribution in [2.75, 3.05) is 13.2 Å². The second-order valence-corrected chi connectivity index (χ2v) is 5.18. The van der Waals surface area contributed by atoms with E-state index in [9.17, 15) is 4.39 Å². The molecule has 5 nitrogen and oxygen atoms in total. The number of halogens is 1. The Labute approximate surface area is 122 Å². The van der Waals surface area contributed by atoms with Crippen molar-refractivity contribution >= 4 is 0 Å². The van der Waals surface area contributed by atoms with Gasteiger partial charge in [0.15, 0.2) is 5.82 Å². The first kappa shape index (κ1) is 14.2. The lowest BCUT2D eigenvalue weighted by Gasteiger charge is -2.08. The summed E-state index contributed by atoms with van der Waals surface area (Å²) < 4.78 is 23.8. The highest BCUT2D eigenvalue weighted by Gasteiger charge is 2.15. The second kappa shape index (κ2) is 6.78. The van der Waals surface area contributed by atoms with E-state index in [1.807, 2.05) is 6.07 Å². The first-order valence-electron chi connectivity index (χ1n) is 7.18. The van der Waals surface area contributed by atoms with Crippen LogP contribution in [-0.4, -0.2) is 29.4 Å². The Bertz CT molecular complexity index is 582. The van der Waals surface area contributed by atoms with Gasteiger partial charge in [-0.2, -0.15) is 4.98 Å². The molecule has 6 heteroatoms. The fraction of sp³-hybridized carbons (Fsp3) is 0.467. The Morgan fingerprint density at radius 3 is 3.14 bits per heavy atom. The van der Waals surface area contributed by atoms with Crippen LogP contribution in [0.5, 0.6) is 0 Å². The van der Waals surface area contributed by atoms with Gasteiger partial charge in [0, 0.05) is 19.6 Å². The number of hydrogen-bond donors (Lipinski definition) is 1. The molecule has 21 heavy (non-hydrogen) atoms. The summed E-state index contributed by atoms with van der Waals surface area (Å²) in [6.07, 6.45) is 2.99. The van der Waals surface area contributed by atoms with E-state index >= 15 is 0 Å². The summed E-state index contributed by atoms with van der Waals surface area (Å²) in [5.41, 5.74) is 0.828. The number of rotatable bonds is 6. The molecule has 3 rings (SSSR count). The lowest BCUT2D eigenvalue weighted by Crippen LogP contribution is -2.25. The van der Waals surface area contributed by atoms with E-state index < -0.39 is 0 Å². The summed E-state index contributed by atoms with van der Waals surface area (Å²) in [5, 5.41) is 7.16. The van der Waals surface area contributed by atoms with Gasteiger partial charge in [-0.25, -0.2) is 4.39 Å². The fourth-order valence-corrected chi connectivity index (χ4v) is 2.41. The van der Waals surface area contributed by atoms with Crippen LogP contribution in [-0.2, 0) is 17.7 Å². The minimum absolute atomic E-state index is 0.255. The van der Waals surface area contributed by atoms with Gasteiger partial charge in [0.05, 0.1) is 12.6 Å². The Morgan fingerprint density at radius 2 is 2.33 bits per heavy atom. The molecule has 0 aliphatic carbocycles. The molecule has 0 bridgehead atoms. The zero-order chi connectivity index (χ0) is 14.5. The molecule has 1 N–H and O–H groups in total. The second-order valence-electron chi connectivity index (χ2n) is 5.18. The van der Waals surface area contributed by atoms with Gasteiger partial charge in [0.2, 0.25) is 5.89 Å². The van der Waals surface area contributed by atoms with Gasteiger partial charge in [-0.3, -0.25) is 0 Å². The molecular formula is C15H18FN3O2. The largest absolute Gasteiger partial charge is 0.377 e. The molecule has 1 aliphatic rings. The van der Waals surface area contributed by atoms with Crippen molar-refractivity contribution in [3.05, 3.63) is 47.4 Å². The molecule has 1 unspecified atom stereocenters. The summed E-state index contributed by atoms with van der Waals surface area (Å²) >= 11 is 0. The fourth-order valence-electron chi connectivity index (χ4n) is 2.41. The summed E-state index contributed by atoms with van der Waals surface area (Å²) in [4.78, 5) is 4.30. The molecule has 1 fully saturated rings. The number of ether oxygens (including phenoxy) is 1. The maximum absolute atomic E-state index is 13.1. The minimum Gasteiger partial charge on any atom is -0.377 e. The van der Waals surface area contributed by atoms with E-state index in [4.69, 9.17) is 9.26 Å². The van der Waals surface area contributed by atoms with E-state index in [0.29, 0.717) is 30.8 Å². The number of nitrogens with zero attached hydrogens (tertiary/aromatic N) is 2. The van der Waals surface area contributed by atoms with Crippen LogP contribution in [0.25, 0.3) is 0 Å². The monoisotopic (exact) mass is 291 g/mol. The van der Waals surface area contributed by atoms with E-state index in [1.54, 1.807) is 6.07 Å². The zero-order valence-corrected chi connectivity index (χ0v) is 11.7. The summed E-state index contributed by atoms with van der Waals surface area (Å²) in [5.74, 6) is 0.850. The van der Waals surface area contributed by atoms with Gasteiger partial charge in [-0.1, -0.05) is 17.3 Å². The average molecular weight is 291 g/mol. The van der Waals surface area contributed by atoms with Crippen LogP contribution in [0, 0.1) is 5.82 Å². The number of benzene rings is 1. The molecule has 2 aromatic rings. The topological polar surface area (TPSA) is 60.2 Å². The maximum atomic E-state index is 13.1. The predicted molar refractivity (Wildman–Crippen MR) is 74.2 cm³/mol. The quantitative estimate of drug-likeness (QED) is 0.883. The lowest BCUT2D eigenvalue weighted by molar-refractivity contribution is 0.109. The molecule has 1 saturated heterocycles. The molecule has 0 saturated carbocycles. The summed E-state index contributed by atoms with van der Waals surface area (Å²) in [7, 11) is 0. The number of aromatic nitrogens is 2. The molecule has 1 aliphatic heterocycles. The van der Waals surface area contributed by atoms with Crippen molar-refractivity contribution in [3.8, 4) is 0 Å². The smallest absolute Gasteiger partial charge is 0.240 e. The highest BCUT2D eigenvalue weighted by Crippen LogP contribution is 2.11. The minimum atomic E-state index is -0.255. The standard InChI is InChI=1S/C15H18FN3O2/c16-12-4-1-3-11(7-12)8-14-18-15(21-19-14)10-17-9-13-5-2-6-20-13/h1,3-4,7,13,17H,2,5-6,8-10H2. The first-order chi connectivity index (χ1) is 10.3. The Hall–Kier alpha value is -1.79. The molecule has 1 aromatic heterocycles. The number of nitrogens with one attached hydrogen (secondary N) is 1. The van der Waals surface area contributed by atoms with Crippen molar-refractivity contribution < 1.29 is 13.7 Å². The van der Waals surface area contributed by atoms with Gasteiger partial charge in [0.1, 0.15) is 5.82 Å². The van der Waals surface area contributed by atoms with E-state index in [-0.39, 0.29) is 5.82 Å². The molecule has 1 aromatic carbocycles. The summed E-state index contributed by atoms with van der Waals surface area (Å²) in [6.45, 7) is 2.17. The third-order valence-corrected chi connectivity index (χ3v) is 3.43. The first-order valence-corrected chi connectivity index (χ1v) is 7.18. The lowest BCUT2D eigenvalue weighted by atomic mass is 10.1. The van der Waals surface area contributed by atoms with Gasteiger partial charge in [0.25, 0.3) is 0 Å². The molecule has 0 amide bonds. The average Bonchev–Trinajstić information content (AvgIpc) is 3.11. The van der Waals surface area contributed by atoms with Crippen molar-refractivity contribution in [1.82, 2.24) is 15.5 Å². The number of hydrogen-bond acceptors (Lipinski definition) is 5. The molecule has 1 atom stereocenters. The van der Waals surface area contributed by atoms with Crippen LogP contribution in [0.4, 0.5) is 4.39 Å². The van der Waals surface area contributed by atoms with Crippen molar-refractivity contribution in [2.24, 2.45) is 0 Å². The maximum Gasteiger partial charge on any atom is 0.240 e. The van der Waals surface area contributed by atoms with Crippen LogP contribution in [0.3, 0.4) is 0 Å². The molecule has 112 valence electrons. The predicted octanol–water partition coefficient (Wildman–Crippen LogP) is 2.07. The van der Waals surface area contributed by atoms with Gasteiger partial charge >= 0.3 is 0 Å². The van der Waals surface area contributed by atoms with Crippen molar-refractivity contribution in [1.29, 1.82) is 0 Å². The Kier molecular flexibility index (Phi) is 4.57. The zero-order valence-electron chi connectivity index (χ0n) is 11.7. The Morgan fingerprint density at radius 1 is 1.38 bits per heavy atom. The molecule has 2 heterocycles. The van der Waals surface area contributed by atoms with Crippen molar-refractivity contribution in [2.45, 2.75) is 31.9 Å². The summed E-state index contributed by atoms with van der Waals surface area (Å²) in [6, 6.07) is 6.41. The molecule has 0 spiro atoms. The van der Waals surface area contributed by atoms with E-state index in [2.05, 4.69) is 15.5 Å². The third-order valence-electron chi connectivity index (χ3n) is 3.43. The van der Waals surface area contributed by atoms with Crippen LogP contribution >= 0.6 is 0 Å². The SMILES string of the molecule is Fc1cccc(Cc2noc(CNCC3CCCO3)n2)c1. The third kappa shape index (κ3) is 4.09. The Balaban J connectivity index is 1.49. The molecule has 0 radical (unpaired) electrons. The van der Waals surface area contributed by atoms with Crippen molar-refractivity contribution in [3.63, 3.8) is 0 Å². The van der Waals surface area contributed by atoms with Gasteiger partial charge in [-0.05, 0) is 30.5 Å². The van der Waals surface area contributed by atoms with Crippen LogP contribution < -0.4 is 5.32 Å². The van der Waals surface area contributed by atoms with Gasteiger partial charge in [-0.15, -0.1) is 0 Å². The van der Waals surface area contributed by atoms with Crippen LogP contribution in [0.2, 0.25) is 0 Å². The highest BCUT2D eigenvalue weighted by atomic mass is 19.1.